The SMILES string of the molecule is O=C(O)C[C@@H](O)c1cc(F)ccc1[N+](=O)[O-]. The molecule has 1 atom stereocenters. The number of aliphatic carboxylic acids is 1. The van der Waals surface area contributed by atoms with Crippen molar-refractivity contribution in [2.24, 2.45) is 0 Å². The topological polar surface area (TPSA) is 101 Å². The molecule has 6 nitrogen and oxygen atoms in total. The van der Waals surface area contributed by atoms with Crippen molar-refractivity contribution < 1.29 is 24.3 Å². The van der Waals surface area contributed by atoms with Gasteiger partial charge < -0.3 is 10.2 Å². The summed E-state index contributed by atoms with van der Waals surface area (Å²) in [5.41, 5.74) is -0.845. The summed E-state index contributed by atoms with van der Waals surface area (Å²) >= 11 is 0. The van der Waals surface area contributed by atoms with Crippen LogP contribution < -0.4 is 0 Å². The highest BCUT2D eigenvalue weighted by Crippen LogP contribution is 2.27. The Labute approximate surface area is 89.1 Å². The summed E-state index contributed by atoms with van der Waals surface area (Å²) in [5, 5.41) is 28.4. The van der Waals surface area contributed by atoms with E-state index in [1.807, 2.05) is 0 Å². The number of nitro benzene ring substituents is 1. The maximum Gasteiger partial charge on any atom is 0.306 e. The molecule has 0 aromatic heterocycles. The zero-order valence-electron chi connectivity index (χ0n) is 7.96. The number of halogens is 1. The molecule has 2 N–H and O–H groups in total. The molecule has 0 bridgehead atoms. The Morgan fingerprint density at radius 3 is 2.69 bits per heavy atom. The quantitative estimate of drug-likeness (QED) is 0.597. The maximum atomic E-state index is 12.8. The number of aliphatic hydroxyl groups excluding tert-OH is 1. The van der Waals surface area contributed by atoms with Gasteiger partial charge in [0.15, 0.2) is 0 Å². The Hall–Kier alpha value is -2.02. The lowest BCUT2D eigenvalue weighted by Crippen LogP contribution is -2.08. The van der Waals surface area contributed by atoms with Crippen molar-refractivity contribution in [2.45, 2.75) is 12.5 Å². The third kappa shape index (κ3) is 2.74. The van der Waals surface area contributed by atoms with Gasteiger partial charge in [0, 0.05) is 6.07 Å². The predicted molar refractivity (Wildman–Crippen MR) is 50.3 cm³/mol. The second kappa shape index (κ2) is 4.67. The molecule has 0 aliphatic heterocycles. The molecule has 0 aliphatic carbocycles. The lowest BCUT2D eigenvalue weighted by Gasteiger charge is -2.08. The summed E-state index contributed by atoms with van der Waals surface area (Å²) in [6.07, 6.45) is -2.32. The number of hydrogen-bond acceptors (Lipinski definition) is 4. The van der Waals surface area contributed by atoms with Crippen molar-refractivity contribution in [1.29, 1.82) is 0 Å². The second-order valence-corrected chi connectivity index (χ2v) is 3.07. The van der Waals surface area contributed by atoms with Crippen molar-refractivity contribution in [1.82, 2.24) is 0 Å². The van der Waals surface area contributed by atoms with Gasteiger partial charge in [-0.1, -0.05) is 0 Å². The van der Waals surface area contributed by atoms with E-state index in [-0.39, 0.29) is 5.56 Å². The van der Waals surface area contributed by atoms with Crippen LogP contribution in [0.2, 0.25) is 0 Å². The first-order chi connectivity index (χ1) is 7.41. The number of carboxylic acids is 1. The first kappa shape index (κ1) is 12.1. The fourth-order valence-electron chi connectivity index (χ4n) is 1.23. The minimum atomic E-state index is -1.60. The normalized spacial score (nSPS) is 12.1. The number of aliphatic hydroxyl groups is 1. The van der Waals surface area contributed by atoms with Gasteiger partial charge in [0.25, 0.3) is 5.69 Å². The third-order valence-corrected chi connectivity index (χ3v) is 1.91. The Kier molecular flexibility index (Phi) is 3.51. The van der Waals surface area contributed by atoms with E-state index in [1.54, 1.807) is 0 Å². The average Bonchev–Trinajstić information content (AvgIpc) is 2.15. The van der Waals surface area contributed by atoms with Gasteiger partial charge in [-0.25, -0.2) is 4.39 Å². The zero-order valence-corrected chi connectivity index (χ0v) is 7.96. The van der Waals surface area contributed by atoms with Crippen LogP contribution in [0.1, 0.15) is 18.1 Å². The lowest BCUT2D eigenvalue weighted by molar-refractivity contribution is -0.386. The minimum absolute atomic E-state index is 0.340. The number of rotatable bonds is 4. The molecule has 0 heterocycles. The molecule has 0 amide bonds. The van der Waals surface area contributed by atoms with E-state index in [2.05, 4.69) is 0 Å². The molecule has 1 aromatic carbocycles. The van der Waals surface area contributed by atoms with Gasteiger partial charge in [-0.15, -0.1) is 0 Å². The molecule has 0 unspecified atom stereocenters. The number of benzene rings is 1. The fraction of sp³-hybridized carbons (Fsp3) is 0.222. The van der Waals surface area contributed by atoms with E-state index in [0.29, 0.717) is 0 Å². The van der Waals surface area contributed by atoms with Crippen LogP contribution in [0.25, 0.3) is 0 Å². The smallest absolute Gasteiger partial charge is 0.306 e. The molecule has 16 heavy (non-hydrogen) atoms. The summed E-state index contributed by atoms with van der Waals surface area (Å²) in [6.45, 7) is 0. The summed E-state index contributed by atoms with van der Waals surface area (Å²) in [5.74, 6) is -2.10. The summed E-state index contributed by atoms with van der Waals surface area (Å²) < 4.78 is 12.8. The Balaban J connectivity index is 3.13. The first-order valence-electron chi connectivity index (χ1n) is 4.25. The molecule has 0 fully saturated rings. The molecular formula is C9H8FNO5. The van der Waals surface area contributed by atoms with Crippen LogP contribution in [0.4, 0.5) is 10.1 Å². The van der Waals surface area contributed by atoms with Crippen molar-refractivity contribution in [3.05, 3.63) is 39.7 Å². The van der Waals surface area contributed by atoms with Crippen LogP contribution >= 0.6 is 0 Å². The molecule has 7 heteroatoms. The minimum Gasteiger partial charge on any atom is -0.481 e. The van der Waals surface area contributed by atoms with E-state index in [1.165, 1.54) is 0 Å². The van der Waals surface area contributed by atoms with E-state index in [9.17, 15) is 24.4 Å². The summed E-state index contributed by atoms with van der Waals surface area (Å²) in [6, 6.07) is 2.51. The molecule has 1 aromatic rings. The lowest BCUT2D eigenvalue weighted by atomic mass is 10.0. The van der Waals surface area contributed by atoms with Gasteiger partial charge in [-0.2, -0.15) is 0 Å². The van der Waals surface area contributed by atoms with Gasteiger partial charge in [0.2, 0.25) is 0 Å². The first-order valence-corrected chi connectivity index (χ1v) is 4.25. The number of carbonyl (C=O) groups is 1. The largest absolute Gasteiger partial charge is 0.481 e. The van der Waals surface area contributed by atoms with Crippen molar-refractivity contribution in [3.63, 3.8) is 0 Å². The predicted octanol–water partition coefficient (Wildman–Crippen LogP) is 1.24. The fourth-order valence-corrected chi connectivity index (χ4v) is 1.23. The molecule has 0 aliphatic rings. The van der Waals surface area contributed by atoms with Gasteiger partial charge >= 0.3 is 5.97 Å². The molecule has 0 saturated carbocycles. The van der Waals surface area contributed by atoms with Crippen LogP contribution in [0.5, 0.6) is 0 Å². The molecule has 0 saturated heterocycles. The summed E-state index contributed by atoms with van der Waals surface area (Å²) in [7, 11) is 0. The van der Waals surface area contributed by atoms with E-state index >= 15 is 0 Å². The average molecular weight is 229 g/mol. The monoisotopic (exact) mass is 229 g/mol. The highest BCUT2D eigenvalue weighted by molar-refractivity contribution is 5.68. The van der Waals surface area contributed by atoms with Crippen LogP contribution in [-0.2, 0) is 4.79 Å². The van der Waals surface area contributed by atoms with Gasteiger partial charge in [-0.05, 0) is 12.1 Å². The number of nitro groups is 1. The van der Waals surface area contributed by atoms with Crippen LogP contribution in [-0.4, -0.2) is 21.1 Å². The van der Waals surface area contributed by atoms with Gasteiger partial charge in [0.1, 0.15) is 5.82 Å². The van der Waals surface area contributed by atoms with Crippen molar-refractivity contribution >= 4 is 11.7 Å². The molecule has 86 valence electrons. The third-order valence-electron chi connectivity index (χ3n) is 1.91. The van der Waals surface area contributed by atoms with E-state index < -0.39 is 34.9 Å². The van der Waals surface area contributed by atoms with Crippen LogP contribution in [0.15, 0.2) is 18.2 Å². The number of hydrogen-bond donors (Lipinski definition) is 2. The van der Waals surface area contributed by atoms with Crippen molar-refractivity contribution in [2.75, 3.05) is 0 Å². The maximum absolute atomic E-state index is 12.8. The molecular weight excluding hydrogens is 221 g/mol. The Morgan fingerprint density at radius 1 is 1.56 bits per heavy atom. The van der Waals surface area contributed by atoms with E-state index in [4.69, 9.17) is 5.11 Å². The molecule has 1 rings (SSSR count). The molecule has 0 radical (unpaired) electrons. The highest BCUT2D eigenvalue weighted by Gasteiger charge is 2.22. The van der Waals surface area contributed by atoms with Crippen LogP contribution in [0, 0.1) is 15.9 Å². The van der Waals surface area contributed by atoms with Crippen LogP contribution in [0.3, 0.4) is 0 Å². The molecule has 0 spiro atoms. The van der Waals surface area contributed by atoms with Crippen molar-refractivity contribution in [3.8, 4) is 0 Å². The Morgan fingerprint density at radius 2 is 2.19 bits per heavy atom. The summed E-state index contributed by atoms with van der Waals surface area (Å²) in [4.78, 5) is 20.1. The highest BCUT2D eigenvalue weighted by atomic mass is 19.1. The number of nitrogens with zero attached hydrogens (tertiary/aromatic N) is 1. The number of carboxylic acid groups (broad SMARTS) is 1. The standard InChI is InChI=1S/C9H8FNO5/c10-5-1-2-7(11(15)16)6(3-5)8(12)4-9(13)14/h1-3,8,12H,4H2,(H,13,14)/t8-/m1/s1. The second-order valence-electron chi connectivity index (χ2n) is 3.07. The Bertz CT molecular complexity index is 434. The van der Waals surface area contributed by atoms with Gasteiger partial charge in [0.05, 0.1) is 23.0 Å². The van der Waals surface area contributed by atoms with Gasteiger partial charge in [-0.3, -0.25) is 14.9 Å². The van der Waals surface area contributed by atoms with E-state index in [0.717, 1.165) is 18.2 Å². The zero-order chi connectivity index (χ0) is 12.3.